The van der Waals surface area contributed by atoms with E-state index in [4.69, 9.17) is 18.9 Å². The fourth-order valence-corrected chi connectivity index (χ4v) is 13.3. The van der Waals surface area contributed by atoms with Crippen molar-refractivity contribution in [2.45, 2.75) is 192 Å². The standard InChI is InChI=1S/C42H72O13/c1-21(2)10-9-14-42(8,51)22-11-16-41(7)29(22)23(45)18-27-39(5)15-13-28(38(3,4)26(39)12-17-40(27,41)6)54-37-35(33(49)31(47)25(20-44)53-37)55-36-34(50)32(48)30(46)24(19-43)52-36/h10,22-37,43-51H,9,11-20H2,1-8H3/t22-,23+,24+,25+,26+,27+,28+,29-,30+,31+,32-,33-,34+,35+,36-,37-,39-,40+,41+,42+/m0/s1. The summed E-state index contributed by atoms with van der Waals surface area (Å²) >= 11 is 0. The van der Waals surface area contributed by atoms with Crippen molar-refractivity contribution in [3.8, 4) is 0 Å². The summed E-state index contributed by atoms with van der Waals surface area (Å²) in [4.78, 5) is 0. The summed E-state index contributed by atoms with van der Waals surface area (Å²) in [5.74, 6) is 0.445. The van der Waals surface area contributed by atoms with Crippen LogP contribution in [0, 0.1) is 45.3 Å². The zero-order chi connectivity index (χ0) is 40.6. The first-order valence-corrected chi connectivity index (χ1v) is 20.9. The average Bonchev–Trinajstić information content (AvgIpc) is 3.50. The average molecular weight is 785 g/mol. The highest BCUT2D eigenvalue weighted by molar-refractivity contribution is 5.20. The van der Waals surface area contributed by atoms with Gasteiger partial charge in [-0.25, -0.2) is 0 Å². The van der Waals surface area contributed by atoms with E-state index in [-0.39, 0.29) is 39.9 Å². The molecule has 2 aliphatic heterocycles. The van der Waals surface area contributed by atoms with E-state index < -0.39 is 97.8 Å². The molecule has 0 aromatic rings. The molecule has 13 nitrogen and oxygen atoms in total. The molecule has 4 aliphatic carbocycles. The Bertz CT molecular complexity index is 1370. The minimum Gasteiger partial charge on any atom is -0.394 e. The maximum Gasteiger partial charge on any atom is 0.187 e. The Morgan fingerprint density at radius 3 is 1.95 bits per heavy atom. The van der Waals surface area contributed by atoms with Crippen LogP contribution in [0.1, 0.15) is 113 Å². The van der Waals surface area contributed by atoms with E-state index in [1.807, 2.05) is 6.92 Å². The molecule has 2 saturated heterocycles. The summed E-state index contributed by atoms with van der Waals surface area (Å²) in [6, 6.07) is 0. The maximum absolute atomic E-state index is 12.2. The Balaban J connectivity index is 1.23. The monoisotopic (exact) mass is 784 g/mol. The maximum atomic E-state index is 12.2. The summed E-state index contributed by atoms with van der Waals surface area (Å²) in [6.07, 6.45) is -6.48. The molecule has 6 fully saturated rings. The minimum atomic E-state index is -1.75. The van der Waals surface area contributed by atoms with Crippen LogP contribution in [0.2, 0.25) is 0 Å². The van der Waals surface area contributed by atoms with E-state index in [0.717, 1.165) is 38.5 Å². The molecule has 6 rings (SSSR count). The van der Waals surface area contributed by atoms with Gasteiger partial charge >= 0.3 is 0 Å². The van der Waals surface area contributed by atoms with E-state index in [0.29, 0.717) is 19.3 Å². The molecule has 0 unspecified atom stereocenters. The number of aliphatic hydroxyl groups excluding tert-OH is 8. The highest BCUT2D eigenvalue weighted by Crippen LogP contribution is 2.76. The number of hydrogen-bond acceptors (Lipinski definition) is 13. The van der Waals surface area contributed by atoms with Crippen LogP contribution in [0.5, 0.6) is 0 Å². The molecule has 6 aliphatic rings. The predicted octanol–water partition coefficient (Wildman–Crippen LogP) is 2.15. The Hall–Kier alpha value is -0.780. The second-order valence-electron chi connectivity index (χ2n) is 20.1. The number of fused-ring (bicyclic) bond motifs is 5. The fourth-order valence-electron chi connectivity index (χ4n) is 13.3. The third-order valence-corrected chi connectivity index (χ3v) is 16.6. The van der Waals surface area contributed by atoms with Crippen LogP contribution >= 0.6 is 0 Å². The molecule has 318 valence electrons. The van der Waals surface area contributed by atoms with Crippen molar-refractivity contribution in [1.82, 2.24) is 0 Å². The van der Waals surface area contributed by atoms with Crippen LogP contribution in [0.3, 0.4) is 0 Å². The van der Waals surface area contributed by atoms with Gasteiger partial charge in [0.15, 0.2) is 12.6 Å². The Labute approximate surface area is 327 Å². The van der Waals surface area contributed by atoms with Gasteiger partial charge in [-0.05, 0) is 124 Å². The second-order valence-corrected chi connectivity index (χ2v) is 20.1. The lowest BCUT2D eigenvalue weighted by Gasteiger charge is -2.70. The summed E-state index contributed by atoms with van der Waals surface area (Å²) in [5.41, 5.74) is -0.405. The summed E-state index contributed by atoms with van der Waals surface area (Å²) in [5, 5.41) is 97.4. The van der Waals surface area contributed by atoms with Gasteiger partial charge in [-0.1, -0.05) is 46.3 Å². The Kier molecular flexibility index (Phi) is 12.5. The minimum absolute atomic E-state index is 0.00798. The van der Waals surface area contributed by atoms with E-state index >= 15 is 0 Å². The summed E-state index contributed by atoms with van der Waals surface area (Å²) in [6.45, 7) is 16.5. The van der Waals surface area contributed by atoms with Crippen molar-refractivity contribution < 1.29 is 64.9 Å². The first-order valence-electron chi connectivity index (χ1n) is 20.9. The lowest BCUT2D eigenvalue weighted by atomic mass is 9.35. The van der Waals surface area contributed by atoms with Gasteiger partial charge in [0.1, 0.15) is 48.8 Å². The summed E-state index contributed by atoms with van der Waals surface area (Å²) in [7, 11) is 0. The van der Waals surface area contributed by atoms with Crippen LogP contribution in [0.4, 0.5) is 0 Å². The molecule has 55 heavy (non-hydrogen) atoms. The lowest BCUT2D eigenvalue weighted by molar-refractivity contribution is -0.378. The predicted molar refractivity (Wildman–Crippen MR) is 201 cm³/mol. The molecule has 0 aromatic carbocycles. The zero-order valence-electron chi connectivity index (χ0n) is 34.3. The molecule has 0 aromatic heterocycles. The molecule has 0 amide bonds. The van der Waals surface area contributed by atoms with Gasteiger partial charge in [-0.3, -0.25) is 0 Å². The molecule has 20 atom stereocenters. The van der Waals surface area contributed by atoms with Crippen molar-refractivity contribution in [1.29, 1.82) is 0 Å². The highest BCUT2D eigenvalue weighted by Gasteiger charge is 2.71. The molecule has 2 heterocycles. The van der Waals surface area contributed by atoms with Gasteiger partial charge in [-0.15, -0.1) is 0 Å². The van der Waals surface area contributed by atoms with Crippen LogP contribution < -0.4 is 0 Å². The zero-order valence-corrected chi connectivity index (χ0v) is 34.3. The van der Waals surface area contributed by atoms with E-state index in [2.05, 4.69) is 54.5 Å². The molecule has 13 heteroatoms. The van der Waals surface area contributed by atoms with Gasteiger partial charge in [-0.2, -0.15) is 0 Å². The van der Waals surface area contributed by atoms with E-state index in [1.54, 1.807) is 0 Å². The van der Waals surface area contributed by atoms with Gasteiger partial charge in [0.2, 0.25) is 0 Å². The van der Waals surface area contributed by atoms with Crippen LogP contribution in [0.15, 0.2) is 11.6 Å². The molecular weight excluding hydrogens is 712 g/mol. The van der Waals surface area contributed by atoms with Crippen molar-refractivity contribution in [3.05, 3.63) is 11.6 Å². The quantitative estimate of drug-likeness (QED) is 0.115. The third kappa shape index (κ3) is 7.20. The summed E-state index contributed by atoms with van der Waals surface area (Å²) < 4.78 is 24.4. The number of aliphatic hydroxyl groups is 9. The van der Waals surface area contributed by atoms with Crippen LogP contribution in [-0.4, -0.2) is 138 Å². The van der Waals surface area contributed by atoms with Crippen LogP contribution in [0.25, 0.3) is 0 Å². The van der Waals surface area contributed by atoms with Gasteiger partial charge in [0, 0.05) is 0 Å². The smallest absolute Gasteiger partial charge is 0.187 e. The third-order valence-electron chi connectivity index (χ3n) is 16.6. The van der Waals surface area contributed by atoms with E-state index in [9.17, 15) is 46.0 Å². The Morgan fingerprint density at radius 2 is 1.33 bits per heavy atom. The fraction of sp³-hybridized carbons (Fsp3) is 0.952. The second kappa shape index (κ2) is 15.7. The van der Waals surface area contributed by atoms with Gasteiger partial charge in [0.25, 0.3) is 0 Å². The topological polar surface area (TPSA) is 219 Å². The largest absolute Gasteiger partial charge is 0.394 e. The number of ether oxygens (including phenoxy) is 4. The number of allylic oxidation sites excluding steroid dienone is 2. The number of rotatable bonds is 10. The highest BCUT2D eigenvalue weighted by atomic mass is 16.8. The van der Waals surface area contributed by atoms with Crippen molar-refractivity contribution in [2.75, 3.05) is 13.2 Å². The van der Waals surface area contributed by atoms with Crippen molar-refractivity contribution in [3.63, 3.8) is 0 Å². The van der Waals surface area contributed by atoms with Gasteiger partial charge < -0.3 is 64.9 Å². The molecule has 9 N–H and O–H groups in total. The van der Waals surface area contributed by atoms with Gasteiger partial charge in [0.05, 0.1) is 31.0 Å². The molecule has 0 radical (unpaired) electrons. The van der Waals surface area contributed by atoms with Crippen molar-refractivity contribution in [2.24, 2.45) is 45.3 Å². The van der Waals surface area contributed by atoms with E-state index in [1.165, 1.54) is 5.57 Å². The molecule has 0 spiro atoms. The first-order chi connectivity index (χ1) is 25.6. The number of hydrogen-bond donors (Lipinski definition) is 9. The van der Waals surface area contributed by atoms with Crippen molar-refractivity contribution >= 4 is 0 Å². The van der Waals surface area contributed by atoms with Crippen LogP contribution in [-0.2, 0) is 18.9 Å². The normalized spacial score (nSPS) is 52.0. The Morgan fingerprint density at radius 1 is 0.727 bits per heavy atom. The first kappa shape index (κ1) is 43.8. The molecule has 4 saturated carbocycles. The molecular formula is C42H72O13. The molecule has 0 bridgehead atoms. The SMILES string of the molecule is CC(C)=CCC[C@@](C)(O)[C@H]1CC[C@]2(C)[C@@H]1[C@H](O)C[C@@H]1[C@@]3(C)CC[C@@H](O[C@@H]4O[C@H](CO)[C@@H](O)[C@H](O)[C@H]4O[C@@H]4O[C@H](CO)[C@@H](O)[C@H](O)[C@H]4O)C(C)(C)[C@H]3CC[C@]12C. The lowest BCUT2D eigenvalue weighted by Crippen LogP contribution is -2.68.